The van der Waals surface area contributed by atoms with E-state index in [9.17, 15) is 0 Å². The Hall–Kier alpha value is -0.890. The Labute approximate surface area is 80.8 Å². The summed E-state index contributed by atoms with van der Waals surface area (Å²) >= 11 is 10.2. The number of aliphatic imine (C=N–C) groups is 1. The highest BCUT2D eigenvalue weighted by molar-refractivity contribution is 7.78. The van der Waals surface area contributed by atoms with Gasteiger partial charge in [-0.05, 0) is 24.4 Å². The summed E-state index contributed by atoms with van der Waals surface area (Å²) in [7, 11) is 1.55. The van der Waals surface area contributed by atoms with Crippen LogP contribution >= 0.6 is 23.8 Å². The summed E-state index contributed by atoms with van der Waals surface area (Å²) in [6, 6.07) is 5.11. The molecule has 2 nitrogen and oxygen atoms in total. The van der Waals surface area contributed by atoms with E-state index in [1.54, 1.807) is 25.3 Å². The Bertz CT molecular complexity index is 334. The number of nitrogens with zero attached hydrogens (tertiary/aromatic N) is 1. The Kier molecular flexibility index (Phi) is 3.23. The van der Waals surface area contributed by atoms with E-state index in [1.807, 2.05) is 0 Å². The lowest BCUT2D eigenvalue weighted by Crippen LogP contribution is -1.82. The van der Waals surface area contributed by atoms with Crippen molar-refractivity contribution in [3.8, 4) is 5.75 Å². The van der Waals surface area contributed by atoms with Crippen LogP contribution in [0.3, 0.4) is 0 Å². The number of hydrogen-bond donors (Lipinski definition) is 0. The van der Waals surface area contributed by atoms with Crippen molar-refractivity contribution in [2.45, 2.75) is 0 Å². The van der Waals surface area contributed by atoms with Crippen LogP contribution in [0.2, 0.25) is 5.02 Å². The van der Waals surface area contributed by atoms with Crippen molar-refractivity contribution in [1.82, 2.24) is 0 Å². The van der Waals surface area contributed by atoms with Gasteiger partial charge in [0.15, 0.2) is 0 Å². The van der Waals surface area contributed by atoms with Crippen molar-refractivity contribution < 1.29 is 4.74 Å². The molecule has 0 unspecified atom stereocenters. The average molecular weight is 200 g/mol. The van der Waals surface area contributed by atoms with E-state index in [0.717, 1.165) is 0 Å². The van der Waals surface area contributed by atoms with E-state index in [0.29, 0.717) is 16.5 Å². The highest BCUT2D eigenvalue weighted by atomic mass is 35.5. The summed E-state index contributed by atoms with van der Waals surface area (Å²) in [4.78, 5) is 3.80. The van der Waals surface area contributed by atoms with Crippen LogP contribution in [0.25, 0.3) is 0 Å². The minimum atomic E-state index is 0.597. The van der Waals surface area contributed by atoms with Gasteiger partial charge in [-0.1, -0.05) is 11.6 Å². The van der Waals surface area contributed by atoms with Gasteiger partial charge in [-0.25, -0.2) is 0 Å². The highest BCUT2D eigenvalue weighted by Gasteiger charge is 2.00. The van der Waals surface area contributed by atoms with Gasteiger partial charge >= 0.3 is 0 Å². The lowest BCUT2D eigenvalue weighted by Gasteiger charge is -2.02. The number of thiocarbonyl (C=S) groups is 1. The molecule has 1 aromatic rings. The fourth-order valence-electron chi connectivity index (χ4n) is 0.793. The zero-order chi connectivity index (χ0) is 8.97. The minimum absolute atomic E-state index is 0.597. The van der Waals surface area contributed by atoms with E-state index < -0.39 is 0 Å². The fourth-order valence-corrected chi connectivity index (χ4v) is 1.05. The number of benzene rings is 1. The van der Waals surface area contributed by atoms with Crippen LogP contribution in [-0.2, 0) is 0 Å². The first kappa shape index (κ1) is 9.20. The summed E-state index contributed by atoms with van der Waals surface area (Å²) in [6.07, 6.45) is 0. The first-order chi connectivity index (χ1) is 5.77. The number of isothiocyanates is 1. The smallest absolute Gasteiger partial charge is 0.146 e. The van der Waals surface area contributed by atoms with E-state index in [-0.39, 0.29) is 0 Å². The van der Waals surface area contributed by atoms with Crippen molar-refractivity contribution >= 4 is 34.7 Å². The van der Waals surface area contributed by atoms with Gasteiger partial charge in [-0.3, -0.25) is 0 Å². The first-order valence-electron chi connectivity index (χ1n) is 3.19. The maximum Gasteiger partial charge on any atom is 0.146 e. The molecule has 0 bridgehead atoms. The summed E-state index contributed by atoms with van der Waals surface area (Å²) in [5.74, 6) is 0.597. The van der Waals surface area contributed by atoms with Crippen LogP contribution in [0.4, 0.5) is 5.69 Å². The number of halogens is 1. The maximum absolute atomic E-state index is 5.73. The molecule has 0 saturated heterocycles. The van der Waals surface area contributed by atoms with Crippen molar-refractivity contribution in [3.63, 3.8) is 0 Å². The molecule has 0 fully saturated rings. The van der Waals surface area contributed by atoms with Gasteiger partial charge in [0.1, 0.15) is 11.4 Å². The summed E-state index contributed by atoms with van der Waals surface area (Å²) in [5.41, 5.74) is 0.636. The van der Waals surface area contributed by atoms with Crippen LogP contribution in [0.5, 0.6) is 5.75 Å². The number of rotatable bonds is 2. The molecule has 1 aromatic carbocycles. The van der Waals surface area contributed by atoms with Gasteiger partial charge in [0.25, 0.3) is 0 Å². The van der Waals surface area contributed by atoms with Crippen LogP contribution in [-0.4, -0.2) is 12.3 Å². The Morgan fingerprint density at radius 2 is 2.33 bits per heavy atom. The quantitative estimate of drug-likeness (QED) is 0.539. The first-order valence-corrected chi connectivity index (χ1v) is 3.98. The van der Waals surface area contributed by atoms with Crippen LogP contribution in [0, 0.1) is 0 Å². The molecular formula is C8H6ClNOS. The summed E-state index contributed by atoms with van der Waals surface area (Å²) < 4.78 is 5.01. The molecule has 4 heteroatoms. The van der Waals surface area contributed by atoms with E-state index in [2.05, 4.69) is 22.4 Å². The molecule has 0 aliphatic rings. The molecule has 0 aromatic heterocycles. The topological polar surface area (TPSA) is 21.6 Å². The third-order valence-electron chi connectivity index (χ3n) is 1.31. The number of hydrogen-bond acceptors (Lipinski definition) is 3. The highest BCUT2D eigenvalue weighted by Crippen LogP contribution is 2.29. The molecule has 0 N–H and O–H groups in total. The van der Waals surface area contributed by atoms with Crippen LogP contribution < -0.4 is 4.74 Å². The molecule has 0 amide bonds. The Balaban J connectivity index is 3.19. The zero-order valence-corrected chi connectivity index (χ0v) is 7.95. The van der Waals surface area contributed by atoms with Crippen molar-refractivity contribution in [2.24, 2.45) is 4.99 Å². The van der Waals surface area contributed by atoms with E-state index >= 15 is 0 Å². The lowest BCUT2D eigenvalue weighted by atomic mass is 10.3. The minimum Gasteiger partial charge on any atom is -0.494 e. The molecule has 12 heavy (non-hydrogen) atoms. The van der Waals surface area contributed by atoms with Gasteiger partial charge < -0.3 is 4.74 Å². The summed E-state index contributed by atoms with van der Waals surface area (Å²) in [5, 5.41) is 2.87. The van der Waals surface area contributed by atoms with Crippen LogP contribution in [0.1, 0.15) is 0 Å². The SMILES string of the molecule is COc1cc(Cl)ccc1N=C=S. The zero-order valence-electron chi connectivity index (χ0n) is 6.37. The monoisotopic (exact) mass is 199 g/mol. The Morgan fingerprint density at radius 3 is 2.92 bits per heavy atom. The van der Waals surface area contributed by atoms with Gasteiger partial charge in [0.2, 0.25) is 0 Å². The molecule has 0 aliphatic carbocycles. The van der Waals surface area contributed by atoms with Crippen molar-refractivity contribution in [1.29, 1.82) is 0 Å². The third-order valence-corrected chi connectivity index (χ3v) is 1.63. The Morgan fingerprint density at radius 1 is 1.58 bits per heavy atom. The predicted molar refractivity (Wildman–Crippen MR) is 52.7 cm³/mol. The molecular weight excluding hydrogens is 194 g/mol. The second-order valence-electron chi connectivity index (χ2n) is 2.02. The largest absolute Gasteiger partial charge is 0.494 e. The third kappa shape index (κ3) is 2.05. The predicted octanol–water partition coefficient (Wildman–Crippen LogP) is 3.08. The van der Waals surface area contributed by atoms with Gasteiger partial charge in [0.05, 0.1) is 12.3 Å². The van der Waals surface area contributed by atoms with Crippen molar-refractivity contribution in [3.05, 3.63) is 23.2 Å². The average Bonchev–Trinajstić information content (AvgIpc) is 2.08. The maximum atomic E-state index is 5.73. The normalized spacial score (nSPS) is 8.83. The standard InChI is InChI=1S/C8H6ClNOS/c1-11-8-4-6(9)2-3-7(8)10-5-12/h2-4H,1H3. The van der Waals surface area contributed by atoms with E-state index in [4.69, 9.17) is 16.3 Å². The fraction of sp³-hybridized carbons (Fsp3) is 0.125. The van der Waals surface area contributed by atoms with Gasteiger partial charge in [-0.15, -0.1) is 0 Å². The second-order valence-corrected chi connectivity index (χ2v) is 2.64. The molecule has 0 radical (unpaired) electrons. The molecule has 0 aliphatic heterocycles. The summed E-state index contributed by atoms with van der Waals surface area (Å²) in [6.45, 7) is 0. The van der Waals surface area contributed by atoms with Gasteiger partial charge in [0, 0.05) is 11.1 Å². The van der Waals surface area contributed by atoms with E-state index in [1.165, 1.54) is 0 Å². The number of methoxy groups -OCH3 is 1. The molecule has 0 spiro atoms. The molecule has 0 heterocycles. The lowest BCUT2D eigenvalue weighted by molar-refractivity contribution is 0.416. The van der Waals surface area contributed by atoms with Crippen LogP contribution in [0.15, 0.2) is 23.2 Å². The second kappa shape index (κ2) is 4.21. The number of ether oxygens (including phenoxy) is 1. The molecule has 62 valence electrons. The molecule has 0 saturated carbocycles. The van der Waals surface area contributed by atoms with Gasteiger partial charge in [-0.2, -0.15) is 4.99 Å². The van der Waals surface area contributed by atoms with Crippen molar-refractivity contribution in [2.75, 3.05) is 7.11 Å². The molecule has 1 rings (SSSR count). The molecule has 0 atom stereocenters.